The fourth-order valence-electron chi connectivity index (χ4n) is 6.00. The Hall–Kier alpha value is -6.75. The molecule has 5 aromatic rings. The molecule has 4 aromatic carbocycles. The first-order valence-corrected chi connectivity index (χ1v) is 15.7. The third-order valence-corrected chi connectivity index (χ3v) is 9.18. The van der Waals surface area contributed by atoms with Crippen LogP contribution in [-0.4, -0.2) is 40.4 Å². The minimum Gasteiger partial charge on any atom is -0.322 e. The average Bonchev–Trinajstić information content (AvgIpc) is 3.51. The third-order valence-electron chi connectivity index (χ3n) is 9.18. The van der Waals surface area contributed by atoms with Crippen molar-refractivity contribution in [3.05, 3.63) is 147 Å². The van der Waals surface area contributed by atoms with Gasteiger partial charge in [-0.3, -0.25) is 28.8 Å². The summed E-state index contributed by atoms with van der Waals surface area (Å²) < 4.78 is 0. The number of benzene rings is 4. The van der Waals surface area contributed by atoms with Crippen molar-refractivity contribution < 1.29 is 28.8 Å². The predicted octanol–water partition coefficient (Wildman–Crippen LogP) is 6.42. The van der Waals surface area contributed by atoms with Gasteiger partial charge in [-0.2, -0.15) is 0 Å². The fraction of sp³-hybridized carbons (Fsp3) is 0.103. The van der Waals surface area contributed by atoms with Crippen LogP contribution in [0.3, 0.4) is 0 Å². The number of carbonyl (C=O) groups is 6. The van der Waals surface area contributed by atoms with Gasteiger partial charge < -0.3 is 10.6 Å². The minimum absolute atomic E-state index is 0.0169. The normalized spacial score (nSPS) is 13.4. The molecule has 11 heteroatoms. The molecular formula is C39H29N5O6. The van der Waals surface area contributed by atoms with Gasteiger partial charge in [0, 0.05) is 22.5 Å². The number of imide groups is 2. The van der Waals surface area contributed by atoms with Crippen molar-refractivity contribution in [2.45, 2.75) is 27.7 Å². The molecule has 11 nitrogen and oxygen atoms in total. The number of anilines is 4. The van der Waals surface area contributed by atoms with E-state index in [0.29, 0.717) is 11.4 Å². The molecule has 0 atom stereocenters. The van der Waals surface area contributed by atoms with Crippen molar-refractivity contribution >= 4 is 58.5 Å². The Morgan fingerprint density at radius 1 is 0.500 bits per heavy atom. The van der Waals surface area contributed by atoms with E-state index in [1.54, 1.807) is 12.1 Å². The molecule has 0 saturated heterocycles. The molecule has 7 rings (SSSR count). The Labute approximate surface area is 286 Å². The smallest absolute Gasteiger partial charge is 0.267 e. The molecule has 0 bridgehead atoms. The van der Waals surface area contributed by atoms with Crippen molar-refractivity contribution in [2.75, 3.05) is 20.4 Å². The van der Waals surface area contributed by atoms with Gasteiger partial charge in [0.2, 0.25) is 0 Å². The first kappa shape index (κ1) is 31.8. The molecule has 0 aliphatic carbocycles. The second-order valence-corrected chi connectivity index (χ2v) is 12.2. The van der Waals surface area contributed by atoms with Crippen LogP contribution in [0.15, 0.2) is 91.0 Å². The van der Waals surface area contributed by atoms with Crippen molar-refractivity contribution in [1.29, 1.82) is 0 Å². The van der Waals surface area contributed by atoms with Crippen LogP contribution < -0.4 is 20.4 Å². The molecule has 3 heterocycles. The number of aromatic nitrogens is 1. The molecule has 0 fully saturated rings. The first-order valence-electron chi connectivity index (χ1n) is 15.7. The van der Waals surface area contributed by atoms with E-state index in [4.69, 9.17) is 0 Å². The van der Waals surface area contributed by atoms with E-state index in [1.165, 1.54) is 54.6 Å². The standard InChI is InChI=1S/C39H29N5O6/c1-20-8-5-10-30(22(20)3)40-34(45)24-14-16-26-28(18-24)38(49)43(36(26)47)32-12-7-13-33(42-32)44-37(48)27-17-15-25(19-29(27)39(44)50)35(46)41-31-11-6-9-21(2)23(31)4/h5-19H,1-4H3,(H,40,45)(H,41,46). The second kappa shape index (κ2) is 12.0. The number of amides is 6. The van der Waals surface area contributed by atoms with Crippen molar-refractivity contribution in [1.82, 2.24) is 4.98 Å². The Balaban J connectivity index is 1.12. The maximum absolute atomic E-state index is 13.6. The highest BCUT2D eigenvalue weighted by Crippen LogP contribution is 2.33. The van der Waals surface area contributed by atoms with Crippen LogP contribution in [-0.2, 0) is 0 Å². The molecule has 2 aliphatic heterocycles. The van der Waals surface area contributed by atoms with Crippen molar-refractivity contribution in [3.63, 3.8) is 0 Å². The monoisotopic (exact) mass is 663 g/mol. The van der Waals surface area contributed by atoms with E-state index in [1.807, 2.05) is 52.0 Å². The maximum Gasteiger partial charge on any atom is 0.267 e. The lowest BCUT2D eigenvalue weighted by Gasteiger charge is -2.17. The Bertz CT molecular complexity index is 2200. The highest BCUT2D eigenvalue weighted by Gasteiger charge is 2.41. The Morgan fingerprint density at radius 2 is 0.880 bits per heavy atom. The van der Waals surface area contributed by atoms with Gasteiger partial charge in [0.15, 0.2) is 0 Å². The van der Waals surface area contributed by atoms with E-state index >= 15 is 0 Å². The highest BCUT2D eigenvalue weighted by molar-refractivity contribution is 6.36. The van der Waals surface area contributed by atoms with Gasteiger partial charge in [-0.1, -0.05) is 30.3 Å². The summed E-state index contributed by atoms with van der Waals surface area (Å²) in [6.45, 7) is 7.64. The number of aryl methyl sites for hydroxylation is 2. The van der Waals surface area contributed by atoms with E-state index in [0.717, 1.165) is 32.1 Å². The third kappa shape index (κ3) is 5.21. The molecule has 0 spiro atoms. The van der Waals surface area contributed by atoms with Crippen LogP contribution in [0.2, 0.25) is 0 Å². The van der Waals surface area contributed by atoms with Crippen LogP contribution in [0.4, 0.5) is 23.0 Å². The van der Waals surface area contributed by atoms with Crippen LogP contribution in [0.5, 0.6) is 0 Å². The van der Waals surface area contributed by atoms with Gasteiger partial charge in [-0.05, 0) is 111 Å². The fourth-order valence-corrected chi connectivity index (χ4v) is 6.00. The zero-order valence-corrected chi connectivity index (χ0v) is 27.5. The number of nitrogens with one attached hydrogen (secondary N) is 2. The summed E-state index contributed by atoms with van der Waals surface area (Å²) in [6.07, 6.45) is 0. The Kier molecular flexibility index (Phi) is 7.67. The lowest BCUT2D eigenvalue weighted by Crippen LogP contribution is -2.33. The van der Waals surface area contributed by atoms with Crippen molar-refractivity contribution in [3.8, 4) is 0 Å². The molecule has 0 saturated carbocycles. The zero-order valence-electron chi connectivity index (χ0n) is 27.5. The second-order valence-electron chi connectivity index (χ2n) is 12.2. The summed E-state index contributed by atoms with van der Waals surface area (Å²) in [5, 5.41) is 5.71. The minimum atomic E-state index is -0.710. The largest absolute Gasteiger partial charge is 0.322 e. The number of rotatable bonds is 6. The quantitative estimate of drug-likeness (QED) is 0.199. The van der Waals surface area contributed by atoms with E-state index in [2.05, 4.69) is 15.6 Å². The lowest BCUT2D eigenvalue weighted by molar-refractivity contribution is 0.0912. The van der Waals surface area contributed by atoms with Crippen LogP contribution in [0.25, 0.3) is 0 Å². The van der Waals surface area contributed by atoms with Crippen LogP contribution >= 0.6 is 0 Å². The summed E-state index contributed by atoms with van der Waals surface area (Å²) >= 11 is 0. The van der Waals surface area contributed by atoms with E-state index < -0.39 is 35.4 Å². The van der Waals surface area contributed by atoms with Crippen LogP contribution in [0, 0.1) is 27.7 Å². The highest BCUT2D eigenvalue weighted by atomic mass is 16.2. The molecule has 0 unspecified atom stereocenters. The average molecular weight is 664 g/mol. The molecule has 2 N–H and O–H groups in total. The number of pyridine rings is 1. The summed E-state index contributed by atoms with van der Waals surface area (Å²) in [7, 11) is 0. The van der Waals surface area contributed by atoms with Gasteiger partial charge in [-0.25, -0.2) is 14.8 Å². The molecule has 50 heavy (non-hydrogen) atoms. The molecule has 6 amide bonds. The van der Waals surface area contributed by atoms with Gasteiger partial charge in [0.25, 0.3) is 35.4 Å². The van der Waals surface area contributed by atoms with Gasteiger partial charge in [0.1, 0.15) is 11.6 Å². The Morgan fingerprint density at radius 3 is 1.30 bits per heavy atom. The maximum atomic E-state index is 13.6. The number of hydrogen-bond donors (Lipinski definition) is 2. The number of carbonyl (C=O) groups excluding carboxylic acids is 6. The van der Waals surface area contributed by atoms with E-state index in [-0.39, 0.29) is 45.0 Å². The topological polar surface area (TPSA) is 146 Å². The first-order chi connectivity index (χ1) is 23.9. The molecule has 1 aromatic heterocycles. The molecule has 246 valence electrons. The number of hydrogen-bond acceptors (Lipinski definition) is 7. The van der Waals surface area contributed by atoms with Gasteiger partial charge >= 0.3 is 0 Å². The molecule has 0 radical (unpaired) electrons. The van der Waals surface area contributed by atoms with Gasteiger partial charge in [0.05, 0.1) is 22.3 Å². The van der Waals surface area contributed by atoms with Crippen molar-refractivity contribution in [2.24, 2.45) is 0 Å². The SMILES string of the molecule is Cc1cccc(NC(=O)c2ccc3c(c2)C(=O)N(c2cccc(N4C(=O)c5ccc(C(=O)Nc6cccc(C)c6C)cc5C4=O)n2)C3=O)c1C. The predicted molar refractivity (Wildman–Crippen MR) is 187 cm³/mol. The summed E-state index contributed by atoms with van der Waals surface area (Å²) in [4.78, 5) is 86.4. The summed E-state index contributed by atoms with van der Waals surface area (Å²) in [5.41, 5.74) is 5.64. The number of fused-ring (bicyclic) bond motifs is 2. The number of nitrogens with zero attached hydrogens (tertiary/aromatic N) is 3. The molecular weight excluding hydrogens is 634 g/mol. The van der Waals surface area contributed by atoms with Gasteiger partial charge in [-0.15, -0.1) is 0 Å². The zero-order chi connectivity index (χ0) is 35.4. The summed E-state index contributed by atoms with van der Waals surface area (Å²) in [6, 6.07) is 23.8. The summed E-state index contributed by atoms with van der Waals surface area (Å²) in [5.74, 6) is -3.87. The molecule has 2 aliphatic rings. The van der Waals surface area contributed by atoms with E-state index in [9.17, 15) is 28.8 Å². The lowest BCUT2D eigenvalue weighted by atomic mass is 10.0. The van der Waals surface area contributed by atoms with Crippen LogP contribution in [0.1, 0.15) is 84.4 Å².